The molecule has 2 aromatic heterocycles. The standard InChI is InChI=1S/C28H19N3O5/c32-28-24-21-14-23(36-27(24)20-5-1-2-6-22(20)35-28)30(15-16-7-10-18(11-8-16)31(33)34)26-19(21)12-9-17-4-3-13-29-25(17)26/h1-13,21,23H,14-15H2. The minimum absolute atomic E-state index is 0.0472. The van der Waals surface area contributed by atoms with Crippen molar-refractivity contribution >= 4 is 33.2 Å². The number of fused-ring (bicyclic) bond motifs is 10. The molecule has 2 bridgehead atoms. The first-order valence-corrected chi connectivity index (χ1v) is 11.7. The highest BCUT2D eigenvalue weighted by Gasteiger charge is 2.43. The number of hydrogen-bond acceptors (Lipinski definition) is 7. The number of nitrogens with zero attached hydrogens (tertiary/aromatic N) is 3. The normalized spacial score (nSPS) is 17.9. The Morgan fingerprint density at radius 1 is 1.03 bits per heavy atom. The molecule has 8 nitrogen and oxygen atoms in total. The number of anilines is 1. The second kappa shape index (κ2) is 7.64. The summed E-state index contributed by atoms with van der Waals surface area (Å²) < 4.78 is 12.3. The molecule has 0 aliphatic carbocycles. The Morgan fingerprint density at radius 3 is 2.69 bits per heavy atom. The number of pyridine rings is 1. The van der Waals surface area contributed by atoms with Crippen LogP contribution in [0.3, 0.4) is 0 Å². The number of hydrogen-bond donors (Lipinski definition) is 0. The quantitative estimate of drug-likeness (QED) is 0.192. The smallest absolute Gasteiger partial charge is 0.343 e. The van der Waals surface area contributed by atoms with Crippen LogP contribution in [-0.2, 0) is 6.54 Å². The van der Waals surface area contributed by atoms with Crippen molar-refractivity contribution in [1.29, 1.82) is 0 Å². The van der Waals surface area contributed by atoms with Gasteiger partial charge in [-0.25, -0.2) is 4.79 Å². The Labute approximate surface area is 204 Å². The third-order valence-electron chi connectivity index (χ3n) is 7.13. The van der Waals surface area contributed by atoms with E-state index in [-0.39, 0.29) is 23.5 Å². The van der Waals surface area contributed by atoms with Gasteiger partial charge in [-0.15, -0.1) is 0 Å². The summed E-state index contributed by atoms with van der Waals surface area (Å²) in [5.41, 5.74) is 4.32. The molecule has 5 aromatic rings. The molecule has 176 valence electrons. The number of benzene rings is 3. The maximum Gasteiger partial charge on any atom is 0.343 e. The van der Waals surface area contributed by atoms with Crippen LogP contribution < -0.4 is 15.3 Å². The van der Waals surface area contributed by atoms with Crippen LogP contribution in [0.15, 0.2) is 88.2 Å². The molecule has 0 radical (unpaired) electrons. The molecular weight excluding hydrogens is 458 g/mol. The van der Waals surface area contributed by atoms with Gasteiger partial charge >= 0.3 is 5.63 Å². The minimum atomic E-state index is -0.403. The van der Waals surface area contributed by atoms with Crippen molar-refractivity contribution in [2.45, 2.75) is 25.1 Å². The fourth-order valence-corrected chi connectivity index (χ4v) is 5.51. The summed E-state index contributed by atoms with van der Waals surface area (Å²) in [6.07, 6.45) is 1.98. The second-order valence-electron chi connectivity index (χ2n) is 9.12. The first-order valence-electron chi connectivity index (χ1n) is 11.7. The molecule has 36 heavy (non-hydrogen) atoms. The first-order chi connectivity index (χ1) is 17.6. The van der Waals surface area contributed by atoms with Crippen molar-refractivity contribution in [2.24, 2.45) is 0 Å². The summed E-state index contributed by atoms with van der Waals surface area (Å²) in [5, 5.41) is 12.9. The van der Waals surface area contributed by atoms with E-state index in [1.54, 1.807) is 24.4 Å². The Bertz CT molecular complexity index is 1750. The van der Waals surface area contributed by atoms with Crippen molar-refractivity contribution in [3.05, 3.63) is 116 Å². The molecule has 2 aliphatic heterocycles. The summed E-state index contributed by atoms with van der Waals surface area (Å²) >= 11 is 0. The zero-order chi connectivity index (χ0) is 24.4. The number of non-ortho nitro benzene ring substituents is 1. The molecule has 0 spiro atoms. The van der Waals surface area contributed by atoms with E-state index in [4.69, 9.17) is 14.1 Å². The van der Waals surface area contributed by atoms with Crippen LogP contribution in [-0.4, -0.2) is 16.1 Å². The highest BCUT2D eigenvalue weighted by molar-refractivity contribution is 5.94. The van der Waals surface area contributed by atoms with Crippen LogP contribution in [0.1, 0.15) is 29.0 Å². The average Bonchev–Trinajstić information content (AvgIpc) is 2.90. The predicted octanol–water partition coefficient (Wildman–Crippen LogP) is 5.51. The fraction of sp³-hybridized carbons (Fsp3) is 0.143. The fourth-order valence-electron chi connectivity index (χ4n) is 5.51. The summed E-state index contributed by atoms with van der Waals surface area (Å²) in [4.78, 5) is 30.8. The minimum Gasteiger partial charge on any atom is -0.469 e. The number of para-hydroxylation sites is 1. The van der Waals surface area contributed by atoms with Crippen molar-refractivity contribution in [1.82, 2.24) is 4.98 Å². The van der Waals surface area contributed by atoms with E-state index in [0.717, 1.165) is 33.1 Å². The van der Waals surface area contributed by atoms with E-state index >= 15 is 0 Å². The lowest BCUT2D eigenvalue weighted by Gasteiger charge is -2.45. The van der Waals surface area contributed by atoms with E-state index in [1.807, 2.05) is 36.4 Å². The highest BCUT2D eigenvalue weighted by Crippen LogP contribution is 2.51. The number of nitro benzene ring substituents is 1. The number of ether oxygens (including phenoxy) is 1. The molecular formula is C28H19N3O5. The second-order valence-corrected chi connectivity index (χ2v) is 9.12. The van der Waals surface area contributed by atoms with Crippen LogP contribution in [0.5, 0.6) is 5.75 Å². The third kappa shape index (κ3) is 3.00. The third-order valence-corrected chi connectivity index (χ3v) is 7.13. The Kier molecular flexibility index (Phi) is 4.38. The lowest BCUT2D eigenvalue weighted by atomic mass is 9.80. The Hall–Kier alpha value is -4.72. The molecule has 0 N–H and O–H groups in total. The molecule has 8 heteroatoms. The van der Waals surface area contributed by atoms with E-state index in [2.05, 4.69) is 11.0 Å². The van der Waals surface area contributed by atoms with Gasteiger partial charge in [0.15, 0.2) is 6.23 Å². The maximum absolute atomic E-state index is 13.2. The molecule has 0 saturated heterocycles. The van der Waals surface area contributed by atoms with Gasteiger partial charge in [0.2, 0.25) is 0 Å². The monoisotopic (exact) mass is 477 g/mol. The van der Waals surface area contributed by atoms with Crippen LogP contribution in [0.2, 0.25) is 0 Å². The van der Waals surface area contributed by atoms with Crippen LogP contribution in [0, 0.1) is 10.1 Å². The molecule has 4 heterocycles. The van der Waals surface area contributed by atoms with E-state index in [9.17, 15) is 14.9 Å². The molecule has 2 atom stereocenters. The van der Waals surface area contributed by atoms with E-state index in [1.165, 1.54) is 12.1 Å². The lowest BCUT2D eigenvalue weighted by molar-refractivity contribution is -0.384. The Balaban J connectivity index is 1.45. The first kappa shape index (κ1) is 20.6. The van der Waals surface area contributed by atoms with Crippen molar-refractivity contribution in [3.8, 4) is 5.75 Å². The van der Waals surface area contributed by atoms with Gasteiger partial charge in [0.25, 0.3) is 5.69 Å². The van der Waals surface area contributed by atoms with Gasteiger partial charge in [-0.2, -0.15) is 0 Å². The largest absolute Gasteiger partial charge is 0.469 e. The van der Waals surface area contributed by atoms with Gasteiger partial charge in [-0.1, -0.05) is 42.5 Å². The molecule has 0 fully saturated rings. The number of rotatable bonds is 3. The van der Waals surface area contributed by atoms with Crippen molar-refractivity contribution < 1.29 is 14.1 Å². The van der Waals surface area contributed by atoms with Crippen molar-refractivity contribution in [3.63, 3.8) is 0 Å². The summed E-state index contributed by atoms with van der Waals surface area (Å²) in [6.45, 7) is 0.465. The van der Waals surface area contributed by atoms with Gasteiger partial charge in [-0.3, -0.25) is 15.1 Å². The van der Waals surface area contributed by atoms with Crippen molar-refractivity contribution in [2.75, 3.05) is 4.90 Å². The van der Waals surface area contributed by atoms with Gasteiger partial charge in [0.1, 0.15) is 11.3 Å². The molecule has 3 aromatic carbocycles. The number of aromatic nitrogens is 1. The van der Waals surface area contributed by atoms with Gasteiger partial charge in [-0.05, 0) is 29.3 Å². The van der Waals surface area contributed by atoms with E-state index in [0.29, 0.717) is 29.9 Å². The lowest BCUT2D eigenvalue weighted by Crippen LogP contribution is -2.47. The molecule has 2 aliphatic rings. The summed E-state index contributed by atoms with van der Waals surface area (Å²) in [6, 6.07) is 22.0. The Morgan fingerprint density at radius 2 is 1.86 bits per heavy atom. The molecule has 7 rings (SSSR count). The van der Waals surface area contributed by atoms with Gasteiger partial charge in [0.05, 0.1) is 27.1 Å². The molecule has 0 saturated carbocycles. The van der Waals surface area contributed by atoms with Crippen LogP contribution >= 0.6 is 0 Å². The van der Waals surface area contributed by atoms with Crippen LogP contribution in [0.25, 0.3) is 21.9 Å². The molecule has 0 amide bonds. The van der Waals surface area contributed by atoms with Gasteiger partial charge in [0, 0.05) is 42.6 Å². The number of nitro groups is 1. The zero-order valence-corrected chi connectivity index (χ0v) is 19.0. The average molecular weight is 477 g/mol. The predicted molar refractivity (Wildman–Crippen MR) is 134 cm³/mol. The maximum atomic E-state index is 13.2. The zero-order valence-electron chi connectivity index (χ0n) is 19.0. The van der Waals surface area contributed by atoms with E-state index < -0.39 is 4.92 Å². The molecule has 2 unspecified atom stereocenters. The summed E-state index contributed by atoms with van der Waals surface area (Å²) in [7, 11) is 0. The summed E-state index contributed by atoms with van der Waals surface area (Å²) in [5.74, 6) is 0.359. The highest BCUT2D eigenvalue weighted by atomic mass is 16.6. The van der Waals surface area contributed by atoms with Crippen LogP contribution in [0.4, 0.5) is 11.4 Å². The topological polar surface area (TPSA) is 98.7 Å². The SMILES string of the molecule is O=c1oc2ccccc2c2c1C1CC(O2)N(Cc2ccc([N+](=O)[O-])cc2)c2c1ccc1cccnc21. The van der Waals surface area contributed by atoms with Gasteiger partial charge < -0.3 is 14.1 Å².